The first kappa shape index (κ1) is 16.0. The molecule has 0 saturated carbocycles. The van der Waals surface area contributed by atoms with Crippen LogP contribution in [0.3, 0.4) is 0 Å². The standard InChI is InChI=1S/C16H22ClN3O/c1-4-13-15(17)14(20(3)19-13)10-18-16(2,11-21)12-8-6-5-7-9-12/h5-9,18,21H,4,10-11H2,1-3H3. The van der Waals surface area contributed by atoms with E-state index in [4.69, 9.17) is 11.6 Å². The molecule has 0 spiro atoms. The highest BCUT2D eigenvalue weighted by Gasteiger charge is 2.26. The van der Waals surface area contributed by atoms with Gasteiger partial charge in [0.25, 0.3) is 0 Å². The molecule has 1 heterocycles. The average molecular weight is 308 g/mol. The zero-order chi connectivity index (χ0) is 15.5. The topological polar surface area (TPSA) is 50.1 Å². The second-order valence-electron chi connectivity index (χ2n) is 5.39. The number of aryl methyl sites for hydroxylation is 2. The molecule has 114 valence electrons. The van der Waals surface area contributed by atoms with Gasteiger partial charge in [-0.25, -0.2) is 0 Å². The summed E-state index contributed by atoms with van der Waals surface area (Å²) in [5, 5.41) is 18.3. The molecule has 1 unspecified atom stereocenters. The van der Waals surface area contributed by atoms with Crippen LogP contribution in [-0.2, 0) is 25.6 Å². The molecule has 0 amide bonds. The first-order valence-electron chi connectivity index (χ1n) is 7.13. The van der Waals surface area contributed by atoms with Crippen LogP contribution in [0, 0.1) is 0 Å². The molecule has 0 bridgehead atoms. The molecule has 1 atom stereocenters. The van der Waals surface area contributed by atoms with Crippen LogP contribution in [0.15, 0.2) is 30.3 Å². The zero-order valence-corrected chi connectivity index (χ0v) is 13.5. The summed E-state index contributed by atoms with van der Waals surface area (Å²) < 4.78 is 1.80. The first-order chi connectivity index (χ1) is 10.0. The second-order valence-corrected chi connectivity index (χ2v) is 5.77. The van der Waals surface area contributed by atoms with Crippen molar-refractivity contribution in [2.75, 3.05) is 6.61 Å². The Morgan fingerprint density at radius 3 is 2.52 bits per heavy atom. The first-order valence-corrected chi connectivity index (χ1v) is 7.51. The number of aliphatic hydroxyl groups excluding tert-OH is 1. The minimum atomic E-state index is -0.513. The van der Waals surface area contributed by atoms with Gasteiger partial charge in [-0.15, -0.1) is 0 Å². The molecule has 2 rings (SSSR count). The summed E-state index contributed by atoms with van der Waals surface area (Å²) in [5.41, 5.74) is 2.37. The molecule has 1 aromatic carbocycles. The van der Waals surface area contributed by atoms with Gasteiger partial charge in [0.15, 0.2) is 0 Å². The Morgan fingerprint density at radius 1 is 1.33 bits per heavy atom. The van der Waals surface area contributed by atoms with Crippen molar-refractivity contribution in [3.05, 3.63) is 52.3 Å². The molecule has 2 aromatic rings. The van der Waals surface area contributed by atoms with Gasteiger partial charge in [-0.3, -0.25) is 10.00 Å². The van der Waals surface area contributed by atoms with Gasteiger partial charge >= 0.3 is 0 Å². The maximum atomic E-state index is 9.79. The number of benzene rings is 1. The molecule has 1 aromatic heterocycles. The molecule has 0 saturated heterocycles. The molecule has 21 heavy (non-hydrogen) atoms. The molecular weight excluding hydrogens is 286 g/mol. The molecule has 0 radical (unpaired) electrons. The van der Waals surface area contributed by atoms with Crippen LogP contribution < -0.4 is 5.32 Å². The second kappa shape index (κ2) is 6.60. The lowest BCUT2D eigenvalue weighted by Gasteiger charge is -2.29. The predicted octanol–water partition coefficient (Wildman–Crippen LogP) is 2.63. The van der Waals surface area contributed by atoms with Gasteiger partial charge in [0.1, 0.15) is 0 Å². The summed E-state index contributed by atoms with van der Waals surface area (Å²) in [5.74, 6) is 0. The van der Waals surface area contributed by atoms with Crippen LogP contribution in [0.1, 0.15) is 30.8 Å². The van der Waals surface area contributed by atoms with E-state index in [1.54, 1.807) is 4.68 Å². The molecule has 5 heteroatoms. The van der Waals surface area contributed by atoms with Gasteiger partial charge in [-0.2, -0.15) is 5.10 Å². The summed E-state index contributed by atoms with van der Waals surface area (Å²) >= 11 is 6.36. The monoisotopic (exact) mass is 307 g/mol. The van der Waals surface area contributed by atoms with Gasteiger partial charge < -0.3 is 5.11 Å². The number of aromatic nitrogens is 2. The quantitative estimate of drug-likeness (QED) is 0.862. The summed E-state index contributed by atoms with van der Waals surface area (Å²) in [6, 6.07) is 9.91. The van der Waals surface area contributed by atoms with Crippen molar-refractivity contribution >= 4 is 11.6 Å². The van der Waals surface area contributed by atoms with E-state index in [0.717, 1.165) is 23.4 Å². The highest BCUT2D eigenvalue weighted by Crippen LogP contribution is 2.24. The largest absolute Gasteiger partial charge is 0.394 e. The number of aliphatic hydroxyl groups is 1. The number of nitrogens with one attached hydrogen (secondary N) is 1. The maximum absolute atomic E-state index is 9.79. The predicted molar refractivity (Wildman–Crippen MR) is 85.3 cm³/mol. The van der Waals surface area contributed by atoms with Crippen molar-refractivity contribution in [3.63, 3.8) is 0 Å². The van der Waals surface area contributed by atoms with Gasteiger partial charge in [0, 0.05) is 13.6 Å². The van der Waals surface area contributed by atoms with Crippen molar-refractivity contribution in [2.45, 2.75) is 32.4 Å². The molecule has 0 aliphatic rings. The fourth-order valence-corrected chi connectivity index (χ4v) is 2.71. The number of hydrogen-bond acceptors (Lipinski definition) is 3. The van der Waals surface area contributed by atoms with Crippen molar-refractivity contribution in [3.8, 4) is 0 Å². The van der Waals surface area contributed by atoms with Gasteiger partial charge in [-0.1, -0.05) is 48.9 Å². The van der Waals surface area contributed by atoms with Crippen molar-refractivity contribution in [1.82, 2.24) is 15.1 Å². The smallest absolute Gasteiger partial charge is 0.0863 e. The third-order valence-corrected chi connectivity index (χ3v) is 4.31. The molecule has 0 fully saturated rings. The van der Waals surface area contributed by atoms with Crippen LogP contribution in [0.5, 0.6) is 0 Å². The van der Waals surface area contributed by atoms with Crippen molar-refractivity contribution in [1.29, 1.82) is 0 Å². The van der Waals surface area contributed by atoms with Crippen LogP contribution in [0.4, 0.5) is 0 Å². The Balaban J connectivity index is 2.20. The van der Waals surface area contributed by atoms with Crippen LogP contribution in [0.2, 0.25) is 5.02 Å². The summed E-state index contributed by atoms with van der Waals surface area (Å²) in [4.78, 5) is 0. The van der Waals surface area contributed by atoms with E-state index < -0.39 is 5.54 Å². The van der Waals surface area contributed by atoms with Crippen LogP contribution in [-0.4, -0.2) is 21.5 Å². The van der Waals surface area contributed by atoms with E-state index in [9.17, 15) is 5.11 Å². The van der Waals surface area contributed by atoms with E-state index >= 15 is 0 Å². The van der Waals surface area contributed by atoms with Crippen molar-refractivity contribution < 1.29 is 5.11 Å². The molecule has 0 aliphatic carbocycles. The zero-order valence-electron chi connectivity index (χ0n) is 12.7. The Morgan fingerprint density at radius 2 is 2.00 bits per heavy atom. The van der Waals surface area contributed by atoms with E-state index in [1.807, 2.05) is 51.2 Å². The average Bonchev–Trinajstić information content (AvgIpc) is 2.80. The summed E-state index contributed by atoms with van der Waals surface area (Å²) in [6.45, 7) is 4.57. The Hall–Kier alpha value is -1.36. The number of rotatable bonds is 6. The van der Waals surface area contributed by atoms with E-state index in [0.29, 0.717) is 11.6 Å². The lowest BCUT2D eigenvalue weighted by atomic mass is 9.93. The summed E-state index contributed by atoms with van der Waals surface area (Å²) in [7, 11) is 1.89. The van der Waals surface area contributed by atoms with Crippen LogP contribution in [0.25, 0.3) is 0 Å². The fourth-order valence-electron chi connectivity index (χ4n) is 2.35. The van der Waals surface area contributed by atoms with E-state index in [1.165, 1.54) is 0 Å². The van der Waals surface area contributed by atoms with Crippen molar-refractivity contribution in [2.24, 2.45) is 7.05 Å². The van der Waals surface area contributed by atoms with Gasteiger partial charge in [-0.05, 0) is 18.9 Å². The Labute approximate surface area is 130 Å². The normalized spacial score (nSPS) is 14.1. The lowest BCUT2D eigenvalue weighted by molar-refractivity contribution is 0.172. The van der Waals surface area contributed by atoms with E-state index in [2.05, 4.69) is 10.4 Å². The number of hydrogen-bond donors (Lipinski definition) is 2. The highest BCUT2D eigenvalue weighted by molar-refractivity contribution is 6.31. The molecule has 2 N–H and O–H groups in total. The SMILES string of the molecule is CCc1nn(C)c(CNC(C)(CO)c2ccccc2)c1Cl. The number of halogens is 1. The Bertz CT molecular complexity index is 597. The lowest BCUT2D eigenvalue weighted by Crippen LogP contribution is -2.42. The maximum Gasteiger partial charge on any atom is 0.0863 e. The molecular formula is C16H22ClN3O. The minimum absolute atomic E-state index is 0.00706. The third-order valence-electron chi connectivity index (χ3n) is 3.88. The van der Waals surface area contributed by atoms with Gasteiger partial charge in [0.2, 0.25) is 0 Å². The van der Waals surface area contributed by atoms with E-state index in [-0.39, 0.29) is 6.61 Å². The third kappa shape index (κ3) is 3.28. The van der Waals surface area contributed by atoms with Gasteiger partial charge in [0.05, 0.1) is 28.6 Å². The fraction of sp³-hybridized carbons (Fsp3) is 0.438. The molecule has 4 nitrogen and oxygen atoms in total. The van der Waals surface area contributed by atoms with Crippen LogP contribution >= 0.6 is 11.6 Å². The number of nitrogens with zero attached hydrogens (tertiary/aromatic N) is 2. The highest BCUT2D eigenvalue weighted by atomic mass is 35.5. The summed E-state index contributed by atoms with van der Waals surface area (Å²) in [6.07, 6.45) is 0.808. The molecule has 0 aliphatic heterocycles. The Kier molecular flexibility index (Phi) is 5.04. The minimum Gasteiger partial charge on any atom is -0.394 e.